The van der Waals surface area contributed by atoms with Crippen LogP contribution in [0.4, 0.5) is 0 Å². The normalized spacial score (nSPS) is 14.1. The minimum Gasteiger partial charge on any atom is -0.226 e. The molecule has 0 aromatic heterocycles. The van der Waals surface area contributed by atoms with Gasteiger partial charge in [0, 0.05) is 10.0 Å². The number of rotatable bonds is 0. The summed E-state index contributed by atoms with van der Waals surface area (Å²) in [4.78, 5) is 3.37. The molecule has 0 heterocycles. The predicted octanol–water partition coefficient (Wildman–Crippen LogP) is 4.63. The molecule has 3 rings (SSSR count). The molecule has 0 aliphatic heterocycles. The maximum Gasteiger partial charge on any atom is 0.270 e. The minimum atomic E-state index is 0.143. The molecule has 2 aromatic rings. The molecule has 1 aliphatic rings. The van der Waals surface area contributed by atoms with Crippen molar-refractivity contribution in [2.45, 2.75) is 0 Å². The van der Waals surface area contributed by atoms with E-state index in [1.54, 1.807) is 0 Å². The van der Waals surface area contributed by atoms with E-state index in [1.165, 1.54) is 0 Å². The molecular formula is C16H7BrN2. The van der Waals surface area contributed by atoms with Gasteiger partial charge in [-0.1, -0.05) is 46.3 Å². The lowest BCUT2D eigenvalue weighted by molar-refractivity contribution is 1.49. The fourth-order valence-electron chi connectivity index (χ4n) is 2.43. The summed E-state index contributed by atoms with van der Waals surface area (Å²) in [6.45, 7) is 7.19. The van der Waals surface area contributed by atoms with Crippen LogP contribution in [0.2, 0.25) is 0 Å². The molecule has 0 saturated heterocycles. The summed E-state index contributed by atoms with van der Waals surface area (Å²) in [5.41, 5.74) is 4.95. The highest BCUT2D eigenvalue weighted by molar-refractivity contribution is 9.10. The van der Waals surface area contributed by atoms with Gasteiger partial charge in [-0.25, -0.2) is 10.1 Å². The van der Waals surface area contributed by atoms with Crippen molar-refractivity contribution >= 4 is 21.5 Å². The summed E-state index contributed by atoms with van der Waals surface area (Å²) in [6.07, 6.45) is 0. The van der Waals surface area contributed by atoms with Crippen LogP contribution in [-0.2, 0) is 0 Å². The molecule has 2 nitrogen and oxygen atoms in total. The Morgan fingerprint density at radius 2 is 1.74 bits per heavy atom. The van der Waals surface area contributed by atoms with Crippen LogP contribution in [0.3, 0.4) is 0 Å². The number of nitriles is 1. The predicted molar refractivity (Wildman–Crippen MR) is 77.8 cm³/mol. The molecule has 88 valence electrons. The molecule has 0 saturated carbocycles. The van der Waals surface area contributed by atoms with Crippen molar-refractivity contribution in [1.82, 2.24) is 0 Å². The van der Waals surface area contributed by atoms with Crippen LogP contribution in [0.25, 0.3) is 21.5 Å². The smallest absolute Gasteiger partial charge is 0.226 e. The van der Waals surface area contributed by atoms with E-state index in [1.807, 2.05) is 48.5 Å². The van der Waals surface area contributed by atoms with E-state index in [2.05, 4.69) is 20.8 Å². The molecule has 0 atom stereocenters. The number of benzene rings is 2. The Morgan fingerprint density at radius 1 is 1.05 bits per heavy atom. The second kappa shape index (κ2) is 4.39. The van der Waals surface area contributed by atoms with E-state index in [4.69, 9.17) is 6.57 Å². The van der Waals surface area contributed by atoms with Crippen LogP contribution < -0.4 is 0 Å². The second-order valence-electron chi connectivity index (χ2n) is 4.18. The first-order valence-electron chi connectivity index (χ1n) is 5.68. The molecule has 0 spiro atoms. The van der Waals surface area contributed by atoms with E-state index < -0.39 is 0 Å². The number of hydrogen-bond donors (Lipinski definition) is 0. The second-order valence-corrected chi connectivity index (χ2v) is 5.10. The van der Waals surface area contributed by atoms with Crippen molar-refractivity contribution in [1.29, 1.82) is 5.26 Å². The Balaban J connectivity index is 2.47. The summed E-state index contributed by atoms with van der Waals surface area (Å²) in [5, 5.41) is 9.17. The molecular weight excluding hydrogens is 300 g/mol. The average Bonchev–Trinajstić information content (AvgIpc) is 2.75. The first-order valence-corrected chi connectivity index (χ1v) is 6.47. The molecule has 1 aliphatic carbocycles. The first-order chi connectivity index (χ1) is 9.26. The number of allylic oxidation sites excluding steroid dienone is 1. The maximum absolute atomic E-state index is 9.17. The molecule has 2 aromatic carbocycles. The Kier molecular flexibility index (Phi) is 2.71. The van der Waals surface area contributed by atoms with E-state index >= 15 is 0 Å². The third-order valence-corrected chi connectivity index (χ3v) is 3.69. The van der Waals surface area contributed by atoms with Gasteiger partial charge in [0.25, 0.3) is 5.70 Å². The summed E-state index contributed by atoms with van der Waals surface area (Å²) >= 11 is 3.45. The van der Waals surface area contributed by atoms with E-state index in [9.17, 15) is 5.26 Å². The van der Waals surface area contributed by atoms with E-state index in [0.717, 1.165) is 32.3 Å². The highest BCUT2D eigenvalue weighted by Gasteiger charge is 2.25. The standard InChI is InChI=1S/C16H7BrN2/c1-19-15(9-18)16-13-5-3-2-4-11(13)12-7-6-10(17)8-14(12)16/h2-8H/b16-15-. The Labute approximate surface area is 119 Å². The lowest BCUT2D eigenvalue weighted by atomic mass is 10.0. The highest BCUT2D eigenvalue weighted by atomic mass is 79.9. The van der Waals surface area contributed by atoms with Gasteiger partial charge in [-0.05, 0) is 34.4 Å². The zero-order valence-corrected chi connectivity index (χ0v) is 11.4. The van der Waals surface area contributed by atoms with Crippen LogP contribution in [-0.4, -0.2) is 0 Å². The Hall–Kier alpha value is -2.36. The van der Waals surface area contributed by atoms with Gasteiger partial charge in [0.15, 0.2) is 0 Å². The topological polar surface area (TPSA) is 28.1 Å². The molecule has 0 radical (unpaired) electrons. The molecule has 0 fully saturated rings. The quantitative estimate of drug-likeness (QED) is 0.439. The monoisotopic (exact) mass is 306 g/mol. The molecule has 0 bridgehead atoms. The zero-order valence-electron chi connectivity index (χ0n) is 9.81. The fraction of sp³-hybridized carbons (Fsp3) is 0. The van der Waals surface area contributed by atoms with Crippen LogP contribution >= 0.6 is 15.9 Å². The van der Waals surface area contributed by atoms with Crippen LogP contribution in [0.5, 0.6) is 0 Å². The van der Waals surface area contributed by atoms with Crippen LogP contribution in [0, 0.1) is 17.9 Å². The Morgan fingerprint density at radius 3 is 2.42 bits per heavy atom. The van der Waals surface area contributed by atoms with Gasteiger partial charge < -0.3 is 0 Å². The number of nitrogens with zero attached hydrogens (tertiary/aromatic N) is 2. The zero-order chi connectivity index (χ0) is 13.4. The van der Waals surface area contributed by atoms with Gasteiger partial charge in [-0.3, -0.25) is 0 Å². The molecule has 0 unspecified atom stereocenters. The number of hydrogen-bond acceptors (Lipinski definition) is 1. The third-order valence-electron chi connectivity index (χ3n) is 3.19. The van der Waals surface area contributed by atoms with Gasteiger partial charge in [0.2, 0.25) is 0 Å². The van der Waals surface area contributed by atoms with Crippen molar-refractivity contribution in [2.24, 2.45) is 0 Å². The summed E-state index contributed by atoms with van der Waals surface area (Å²) in [6, 6.07) is 15.8. The largest absolute Gasteiger partial charge is 0.270 e. The van der Waals surface area contributed by atoms with Gasteiger partial charge in [0.05, 0.1) is 12.6 Å². The number of fused-ring (bicyclic) bond motifs is 3. The summed E-state index contributed by atoms with van der Waals surface area (Å²) < 4.78 is 0.943. The van der Waals surface area contributed by atoms with Crippen LogP contribution in [0.1, 0.15) is 11.1 Å². The van der Waals surface area contributed by atoms with Gasteiger partial charge in [-0.2, -0.15) is 0 Å². The van der Waals surface area contributed by atoms with Crippen molar-refractivity contribution in [3.8, 4) is 17.2 Å². The van der Waals surface area contributed by atoms with E-state index in [-0.39, 0.29) is 5.70 Å². The SMILES string of the molecule is [C-]#[N+]/C(C#N)=C1/c2ccccc2-c2ccc(Br)cc21. The molecule has 0 N–H and O–H groups in total. The lowest BCUT2D eigenvalue weighted by Crippen LogP contribution is -1.85. The van der Waals surface area contributed by atoms with Gasteiger partial charge in [0.1, 0.15) is 0 Å². The van der Waals surface area contributed by atoms with Crippen molar-refractivity contribution < 1.29 is 0 Å². The summed E-state index contributed by atoms with van der Waals surface area (Å²) in [7, 11) is 0. The van der Waals surface area contributed by atoms with Crippen molar-refractivity contribution in [3.63, 3.8) is 0 Å². The van der Waals surface area contributed by atoms with Crippen LogP contribution in [0.15, 0.2) is 52.6 Å². The Bertz CT molecular complexity index is 788. The van der Waals surface area contributed by atoms with E-state index in [0.29, 0.717) is 0 Å². The first kappa shape index (κ1) is 11.7. The van der Waals surface area contributed by atoms with Gasteiger partial charge >= 0.3 is 0 Å². The fourth-order valence-corrected chi connectivity index (χ4v) is 2.79. The summed E-state index contributed by atoms with van der Waals surface area (Å²) in [5.74, 6) is 0. The minimum absolute atomic E-state index is 0.143. The van der Waals surface area contributed by atoms with Gasteiger partial charge in [-0.15, -0.1) is 0 Å². The lowest BCUT2D eigenvalue weighted by Gasteiger charge is -2.03. The molecule has 3 heteroatoms. The molecule has 0 amide bonds. The van der Waals surface area contributed by atoms with Crippen molar-refractivity contribution in [3.05, 3.63) is 75.2 Å². The third kappa shape index (κ3) is 1.68. The van der Waals surface area contributed by atoms with Crippen molar-refractivity contribution in [2.75, 3.05) is 0 Å². The molecule has 19 heavy (non-hydrogen) atoms. The highest BCUT2D eigenvalue weighted by Crippen LogP contribution is 2.46. The maximum atomic E-state index is 9.17. The average molecular weight is 307 g/mol. The number of halogens is 1.